The van der Waals surface area contributed by atoms with Crippen LogP contribution in [0.15, 0.2) is 59.6 Å². The minimum absolute atomic E-state index is 0.277. The molecule has 0 bridgehead atoms. The SMILES string of the molecule is CN=C(NCc1ccc(OC)cc1)NCC1(c2ccccc2)CC1. The number of nitrogens with zero attached hydrogens (tertiary/aromatic N) is 1. The first-order chi connectivity index (χ1) is 11.8. The quantitative estimate of drug-likeness (QED) is 0.634. The first-order valence-electron chi connectivity index (χ1n) is 8.39. The maximum atomic E-state index is 5.18. The predicted molar refractivity (Wildman–Crippen MR) is 98.5 cm³/mol. The lowest BCUT2D eigenvalue weighted by Crippen LogP contribution is -2.40. The third-order valence-corrected chi connectivity index (χ3v) is 4.68. The number of methoxy groups -OCH3 is 1. The van der Waals surface area contributed by atoms with Gasteiger partial charge in [-0.2, -0.15) is 0 Å². The zero-order chi connectivity index (χ0) is 16.8. The van der Waals surface area contributed by atoms with Gasteiger partial charge in [0, 0.05) is 25.6 Å². The molecule has 4 heteroatoms. The van der Waals surface area contributed by atoms with Crippen molar-refractivity contribution in [3.63, 3.8) is 0 Å². The number of ether oxygens (including phenoxy) is 1. The maximum absolute atomic E-state index is 5.18. The molecule has 2 N–H and O–H groups in total. The van der Waals surface area contributed by atoms with Crippen molar-refractivity contribution >= 4 is 5.96 Å². The second-order valence-corrected chi connectivity index (χ2v) is 6.27. The van der Waals surface area contributed by atoms with E-state index >= 15 is 0 Å². The number of benzene rings is 2. The second-order valence-electron chi connectivity index (χ2n) is 6.27. The molecule has 4 nitrogen and oxygen atoms in total. The van der Waals surface area contributed by atoms with Crippen molar-refractivity contribution in [2.45, 2.75) is 24.8 Å². The molecule has 0 unspecified atom stereocenters. The summed E-state index contributed by atoms with van der Waals surface area (Å²) in [5.41, 5.74) is 2.89. The summed E-state index contributed by atoms with van der Waals surface area (Å²) in [5, 5.41) is 6.85. The van der Waals surface area contributed by atoms with Gasteiger partial charge in [-0.3, -0.25) is 4.99 Å². The van der Waals surface area contributed by atoms with Crippen LogP contribution in [-0.2, 0) is 12.0 Å². The van der Waals surface area contributed by atoms with E-state index in [2.05, 4.69) is 58.1 Å². The molecule has 0 atom stereocenters. The number of guanidine groups is 1. The van der Waals surface area contributed by atoms with Crippen LogP contribution in [0, 0.1) is 0 Å². The van der Waals surface area contributed by atoms with E-state index in [1.807, 2.05) is 19.2 Å². The van der Waals surface area contributed by atoms with Crippen LogP contribution in [0.1, 0.15) is 24.0 Å². The van der Waals surface area contributed by atoms with E-state index in [1.165, 1.54) is 24.0 Å². The first kappa shape index (κ1) is 16.4. The third-order valence-electron chi connectivity index (χ3n) is 4.68. The molecule has 1 aliphatic carbocycles. The van der Waals surface area contributed by atoms with Crippen molar-refractivity contribution in [2.24, 2.45) is 4.99 Å². The van der Waals surface area contributed by atoms with Crippen LogP contribution in [0.4, 0.5) is 0 Å². The molecule has 0 radical (unpaired) electrons. The highest BCUT2D eigenvalue weighted by Gasteiger charge is 2.43. The van der Waals surface area contributed by atoms with Crippen LogP contribution in [0.3, 0.4) is 0 Å². The topological polar surface area (TPSA) is 45.7 Å². The minimum atomic E-state index is 0.277. The van der Waals surface area contributed by atoms with E-state index in [1.54, 1.807) is 7.11 Å². The second kappa shape index (κ2) is 7.39. The molecule has 0 aliphatic heterocycles. The molecule has 1 saturated carbocycles. The van der Waals surface area contributed by atoms with E-state index in [4.69, 9.17) is 4.74 Å². The number of rotatable bonds is 6. The molecule has 2 aromatic carbocycles. The highest BCUT2D eigenvalue weighted by Crippen LogP contribution is 2.47. The highest BCUT2D eigenvalue weighted by atomic mass is 16.5. The predicted octanol–water partition coefficient (Wildman–Crippen LogP) is 3.09. The molecule has 0 saturated heterocycles. The normalized spacial score (nSPS) is 15.7. The van der Waals surface area contributed by atoms with Crippen molar-refractivity contribution in [3.8, 4) is 5.75 Å². The van der Waals surface area contributed by atoms with Gasteiger partial charge in [0.15, 0.2) is 5.96 Å². The average molecular weight is 323 g/mol. The van der Waals surface area contributed by atoms with Crippen molar-refractivity contribution in [1.82, 2.24) is 10.6 Å². The van der Waals surface area contributed by atoms with Gasteiger partial charge in [-0.1, -0.05) is 42.5 Å². The number of hydrogen-bond acceptors (Lipinski definition) is 2. The van der Waals surface area contributed by atoms with Crippen LogP contribution in [-0.4, -0.2) is 26.7 Å². The van der Waals surface area contributed by atoms with E-state index in [9.17, 15) is 0 Å². The smallest absolute Gasteiger partial charge is 0.191 e. The molecule has 0 spiro atoms. The van der Waals surface area contributed by atoms with Gasteiger partial charge in [0.2, 0.25) is 0 Å². The Balaban J connectivity index is 1.52. The fourth-order valence-electron chi connectivity index (χ4n) is 2.91. The van der Waals surface area contributed by atoms with Gasteiger partial charge < -0.3 is 15.4 Å². The molecule has 1 aliphatic rings. The maximum Gasteiger partial charge on any atom is 0.191 e. The molecule has 1 fully saturated rings. The zero-order valence-corrected chi connectivity index (χ0v) is 14.4. The third kappa shape index (κ3) is 3.88. The van der Waals surface area contributed by atoms with Gasteiger partial charge in [0.25, 0.3) is 0 Å². The number of aliphatic imine (C=N–C) groups is 1. The Hall–Kier alpha value is -2.49. The van der Waals surface area contributed by atoms with Crippen LogP contribution in [0.5, 0.6) is 5.75 Å². The summed E-state index contributed by atoms with van der Waals surface area (Å²) < 4.78 is 5.18. The largest absolute Gasteiger partial charge is 0.497 e. The molecular weight excluding hydrogens is 298 g/mol. The Morgan fingerprint density at radius 1 is 1.04 bits per heavy atom. The van der Waals surface area contributed by atoms with Gasteiger partial charge in [-0.15, -0.1) is 0 Å². The van der Waals surface area contributed by atoms with Crippen LogP contribution >= 0.6 is 0 Å². The first-order valence-corrected chi connectivity index (χ1v) is 8.39. The van der Waals surface area contributed by atoms with Crippen molar-refractivity contribution < 1.29 is 4.74 Å². The van der Waals surface area contributed by atoms with Crippen LogP contribution in [0.2, 0.25) is 0 Å². The standard InChI is InChI=1S/C20H25N3O/c1-21-19(22-14-16-8-10-18(24-2)11-9-16)23-15-20(12-13-20)17-6-4-3-5-7-17/h3-11H,12-15H2,1-2H3,(H2,21,22,23). The molecule has 0 amide bonds. The van der Waals surface area contributed by atoms with Gasteiger partial charge in [0.05, 0.1) is 7.11 Å². The summed E-state index contributed by atoms with van der Waals surface area (Å²) in [4.78, 5) is 4.33. The summed E-state index contributed by atoms with van der Waals surface area (Å²) in [6.45, 7) is 1.65. The summed E-state index contributed by atoms with van der Waals surface area (Å²) in [6, 6.07) is 18.8. The van der Waals surface area contributed by atoms with Crippen LogP contribution in [0.25, 0.3) is 0 Å². The monoisotopic (exact) mass is 323 g/mol. The Kier molecular flexibility index (Phi) is 5.04. The van der Waals surface area contributed by atoms with Gasteiger partial charge in [-0.05, 0) is 36.1 Å². The fraction of sp³-hybridized carbons (Fsp3) is 0.350. The van der Waals surface area contributed by atoms with E-state index in [-0.39, 0.29) is 5.41 Å². The molecule has 2 aromatic rings. The average Bonchev–Trinajstić information content (AvgIpc) is 3.44. The van der Waals surface area contributed by atoms with Crippen molar-refractivity contribution in [2.75, 3.05) is 20.7 Å². The van der Waals surface area contributed by atoms with Gasteiger partial charge >= 0.3 is 0 Å². The zero-order valence-electron chi connectivity index (χ0n) is 14.4. The molecular formula is C20H25N3O. The van der Waals surface area contributed by atoms with E-state index in [0.29, 0.717) is 0 Å². The highest BCUT2D eigenvalue weighted by molar-refractivity contribution is 5.79. The molecule has 126 valence electrons. The molecule has 24 heavy (non-hydrogen) atoms. The lowest BCUT2D eigenvalue weighted by molar-refractivity contribution is 0.414. The summed E-state index contributed by atoms with van der Waals surface area (Å²) in [6.07, 6.45) is 2.47. The Bertz CT molecular complexity index is 676. The Morgan fingerprint density at radius 3 is 2.33 bits per heavy atom. The molecule has 0 aromatic heterocycles. The lowest BCUT2D eigenvalue weighted by atomic mass is 9.96. The van der Waals surface area contributed by atoms with E-state index < -0.39 is 0 Å². The minimum Gasteiger partial charge on any atom is -0.497 e. The summed E-state index contributed by atoms with van der Waals surface area (Å²) in [7, 11) is 3.49. The van der Waals surface area contributed by atoms with Gasteiger partial charge in [0.1, 0.15) is 5.75 Å². The summed E-state index contributed by atoms with van der Waals surface area (Å²) >= 11 is 0. The summed E-state index contributed by atoms with van der Waals surface area (Å²) in [5.74, 6) is 1.72. The number of nitrogens with one attached hydrogen (secondary N) is 2. The molecule has 3 rings (SSSR count). The molecule has 0 heterocycles. The van der Waals surface area contributed by atoms with Crippen molar-refractivity contribution in [1.29, 1.82) is 0 Å². The lowest BCUT2D eigenvalue weighted by Gasteiger charge is -2.19. The van der Waals surface area contributed by atoms with E-state index in [0.717, 1.165) is 24.8 Å². The Labute approximate surface area is 144 Å². The number of hydrogen-bond donors (Lipinski definition) is 2. The van der Waals surface area contributed by atoms with Crippen LogP contribution < -0.4 is 15.4 Å². The Morgan fingerprint density at radius 2 is 1.75 bits per heavy atom. The fourth-order valence-corrected chi connectivity index (χ4v) is 2.91. The van der Waals surface area contributed by atoms with Crippen molar-refractivity contribution in [3.05, 3.63) is 65.7 Å². The van der Waals surface area contributed by atoms with Gasteiger partial charge in [-0.25, -0.2) is 0 Å².